The minimum Gasteiger partial charge on any atom is -0.387 e. The maximum Gasteiger partial charge on any atom is 0.266 e. The quantitative estimate of drug-likeness (QED) is 0.387. The lowest BCUT2D eigenvalue weighted by Crippen LogP contribution is -2.59. The predicted molar refractivity (Wildman–Crippen MR) is 118 cm³/mol. The van der Waals surface area contributed by atoms with Crippen molar-refractivity contribution in [1.29, 1.82) is 0 Å². The first kappa shape index (κ1) is 22.9. The van der Waals surface area contributed by atoms with Gasteiger partial charge in [0.15, 0.2) is 5.13 Å². The Labute approximate surface area is 181 Å². The summed E-state index contributed by atoms with van der Waals surface area (Å²) in [5, 5.41) is 16.5. The summed E-state index contributed by atoms with van der Waals surface area (Å²) in [5.41, 5.74) is 0.737. The number of β-amino-alcohol motifs (C(OH)–C–C–N with tert-alkyl or cyclic N) is 1. The van der Waals surface area contributed by atoms with Crippen LogP contribution in [0.4, 0.5) is 15.2 Å². The largest absolute Gasteiger partial charge is 0.387 e. The Morgan fingerprint density at radius 1 is 1.23 bits per heavy atom. The number of sulfonamides is 1. The zero-order valence-corrected chi connectivity index (χ0v) is 18.9. The third kappa shape index (κ3) is 5.90. The van der Waals surface area contributed by atoms with Crippen LogP contribution >= 0.6 is 11.3 Å². The Morgan fingerprint density at radius 2 is 1.97 bits per heavy atom. The first-order valence-electron chi connectivity index (χ1n) is 10.1. The van der Waals surface area contributed by atoms with Crippen LogP contribution in [0, 0.1) is 19.7 Å². The van der Waals surface area contributed by atoms with Gasteiger partial charge in [0.2, 0.25) is 0 Å². The number of rotatable bonds is 11. The molecule has 0 aliphatic carbocycles. The molecule has 2 aromatic rings. The number of nitrogens with one attached hydrogen (secondary N) is 3. The third-order valence-electron chi connectivity index (χ3n) is 5.20. The van der Waals surface area contributed by atoms with E-state index in [1.54, 1.807) is 13.1 Å². The van der Waals surface area contributed by atoms with E-state index in [4.69, 9.17) is 0 Å². The van der Waals surface area contributed by atoms with Gasteiger partial charge in [0.1, 0.15) is 10.7 Å². The van der Waals surface area contributed by atoms with Gasteiger partial charge in [-0.3, -0.25) is 4.72 Å². The molecule has 1 aromatic heterocycles. The summed E-state index contributed by atoms with van der Waals surface area (Å²) in [7, 11) is -4.04. The van der Waals surface area contributed by atoms with Crippen molar-refractivity contribution in [2.75, 3.05) is 29.7 Å². The summed E-state index contributed by atoms with van der Waals surface area (Å²) in [6.07, 6.45) is 6.34. The van der Waals surface area contributed by atoms with Crippen molar-refractivity contribution < 1.29 is 17.9 Å². The van der Waals surface area contributed by atoms with Gasteiger partial charge >= 0.3 is 0 Å². The molecule has 1 aliphatic heterocycles. The van der Waals surface area contributed by atoms with Crippen LogP contribution in [-0.2, 0) is 10.0 Å². The molecule has 1 saturated heterocycles. The Kier molecular flexibility index (Phi) is 7.33. The van der Waals surface area contributed by atoms with Gasteiger partial charge in [-0.1, -0.05) is 19.3 Å². The molecule has 0 amide bonds. The zero-order chi connectivity index (χ0) is 21.8. The molecule has 4 N–H and O–H groups in total. The van der Waals surface area contributed by atoms with E-state index in [1.807, 2.05) is 6.92 Å². The fraction of sp³-hybridized carbons (Fsp3) is 0.550. The van der Waals surface area contributed by atoms with Gasteiger partial charge in [0.25, 0.3) is 10.0 Å². The van der Waals surface area contributed by atoms with Crippen LogP contribution in [0.25, 0.3) is 0 Å². The number of aromatic nitrogens is 1. The van der Waals surface area contributed by atoms with Gasteiger partial charge in [-0.25, -0.2) is 17.8 Å². The van der Waals surface area contributed by atoms with Crippen LogP contribution in [-0.4, -0.2) is 43.7 Å². The van der Waals surface area contributed by atoms with E-state index in [0.29, 0.717) is 30.9 Å². The van der Waals surface area contributed by atoms with Crippen LogP contribution < -0.4 is 15.4 Å². The van der Waals surface area contributed by atoms with Gasteiger partial charge in [0.05, 0.1) is 5.60 Å². The molecule has 3 rings (SSSR count). The summed E-state index contributed by atoms with van der Waals surface area (Å²) < 4.78 is 41.9. The molecule has 2 heterocycles. The minimum absolute atomic E-state index is 0.215. The molecule has 0 radical (unpaired) electrons. The monoisotopic (exact) mass is 456 g/mol. The van der Waals surface area contributed by atoms with E-state index in [-0.39, 0.29) is 10.0 Å². The average molecular weight is 457 g/mol. The van der Waals surface area contributed by atoms with Crippen LogP contribution in [0.3, 0.4) is 0 Å². The normalized spacial score (nSPS) is 15.6. The van der Waals surface area contributed by atoms with E-state index >= 15 is 0 Å². The fourth-order valence-electron chi connectivity index (χ4n) is 3.37. The predicted octanol–water partition coefficient (Wildman–Crippen LogP) is 3.40. The minimum atomic E-state index is -4.04. The van der Waals surface area contributed by atoms with Crippen molar-refractivity contribution in [1.82, 2.24) is 10.3 Å². The van der Waals surface area contributed by atoms with E-state index in [2.05, 4.69) is 20.3 Å². The summed E-state index contributed by atoms with van der Waals surface area (Å²) in [6, 6.07) is 2.57. The second kappa shape index (κ2) is 9.59. The molecule has 166 valence electrons. The third-order valence-corrected chi connectivity index (χ3v) is 7.52. The Morgan fingerprint density at radius 3 is 2.60 bits per heavy atom. The van der Waals surface area contributed by atoms with Gasteiger partial charge in [-0.05, 0) is 44.4 Å². The molecule has 0 bridgehead atoms. The number of aliphatic hydroxyl groups is 1. The highest BCUT2D eigenvalue weighted by molar-refractivity contribution is 7.93. The maximum absolute atomic E-state index is 14.6. The Bertz CT molecular complexity index is 974. The smallest absolute Gasteiger partial charge is 0.266 e. The van der Waals surface area contributed by atoms with Crippen LogP contribution in [0.1, 0.15) is 42.5 Å². The molecule has 30 heavy (non-hydrogen) atoms. The summed E-state index contributed by atoms with van der Waals surface area (Å²) in [4.78, 5) is 4.44. The highest BCUT2D eigenvalue weighted by Gasteiger charge is 2.33. The van der Waals surface area contributed by atoms with Crippen molar-refractivity contribution in [3.8, 4) is 0 Å². The van der Waals surface area contributed by atoms with Gasteiger partial charge in [0, 0.05) is 36.4 Å². The first-order valence-corrected chi connectivity index (χ1v) is 12.4. The van der Waals surface area contributed by atoms with Gasteiger partial charge in [-0.15, -0.1) is 11.3 Å². The number of anilines is 2. The standard InChI is InChI=1S/C20H29FN4O3S2/c1-14-9-18(30(27,28)25-19-24-11-15(2)29-19)16(21)10-17(14)23-8-6-4-3-5-7-20(26)12-22-13-20/h9-11,22-23,26H,3-8,12-13H2,1-2H3,(H,24,25). The number of thiazole rings is 1. The molecule has 7 nitrogen and oxygen atoms in total. The lowest BCUT2D eigenvalue weighted by Gasteiger charge is -2.37. The van der Waals surface area contributed by atoms with Crippen molar-refractivity contribution in [3.05, 3.63) is 34.6 Å². The molecular formula is C20H29FN4O3S2. The second-order valence-electron chi connectivity index (χ2n) is 7.90. The molecular weight excluding hydrogens is 427 g/mol. The number of nitrogens with zero attached hydrogens (tertiary/aromatic N) is 1. The van der Waals surface area contributed by atoms with E-state index in [1.165, 1.54) is 23.5 Å². The van der Waals surface area contributed by atoms with Crippen LogP contribution in [0.15, 0.2) is 23.2 Å². The molecule has 1 aliphatic rings. The highest BCUT2D eigenvalue weighted by atomic mass is 32.2. The van der Waals surface area contributed by atoms with Crippen LogP contribution in [0.5, 0.6) is 0 Å². The molecule has 1 aromatic carbocycles. The molecule has 0 spiro atoms. The summed E-state index contributed by atoms with van der Waals surface area (Å²) >= 11 is 1.19. The van der Waals surface area contributed by atoms with Crippen molar-refractivity contribution >= 4 is 32.2 Å². The SMILES string of the molecule is Cc1cnc(NS(=O)(=O)c2cc(C)c(NCCCCCCC3(O)CNC3)cc2F)s1. The number of benzene rings is 1. The van der Waals surface area contributed by atoms with E-state index in [0.717, 1.165) is 37.0 Å². The highest BCUT2D eigenvalue weighted by Crippen LogP contribution is 2.27. The van der Waals surface area contributed by atoms with Gasteiger partial charge < -0.3 is 15.7 Å². The Hall–Kier alpha value is -1.75. The maximum atomic E-state index is 14.6. The number of halogens is 1. The van der Waals surface area contributed by atoms with Crippen molar-refractivity contribution in [2.24, 2.45) is 0 Å². The molecule has 0 saturated carbocycles. The number of hydrogen-bond acceptors (Lipinski definition) is 7. The lowest BCUT2D eigenvalue weighted by molar-refractivity contribution is -0.0191. The van der Waals surface area contributed by atoms with Crippen LogP contribution in [0.2, 0.25) is 0 Å². The topological polar surface area (TPSA) is 103 Å². The molecule has 0 unspecified atom stereocenters. The van der Waals surface area contributed by atoms with Crippen molar-refractivity contribution in [3.63, 3.8) is 0 Å². The molecule has 1 fully saturated rings. The summed E-state index contributed by atoms with van der Waals surface area (Å²) in [6.45, 7) is 5.61. The zero-order valence-electron chi connectivity index (χ0n) is 17.3. The second-order valence-corrected chi connectivity index (χ2v) is 10.8. The average Bonchev–Trinajstić information content (AvgIpc) is 3.05. The number of hydrogen-bond donors (Lipinski definition) is 4. The fourth-order valence-corrected chi connectivity index (χ4v) is 5.42. The number of aryl methyl sites for hydroxylation is 2. The van der Waals surface area contributed by atoms with Crippen molar-refractivity contribution in [2.45, 2.75) is 56.4 Å². The molecule has 0 atom stereocenters. The van der Waals surface area contributed by atoms with Gasteiger partial charge in [-0.2, -0.15) is 0 Å². The lowest BCUT2D eigenvalue weighted by atomic mass is 9.90. The van der Waals surface area contributed by atoms with E-state index in [9.17, 15) is 17.9 Å². The first-order chi connectivity index (χ1) is 14.2. The Balaban J connectivity index is 1.49. The summed E-state index contributed by atoms with van der Waals surface area (Å²) in [5.74, 6) is -0.800. The van der Waals surface area contributed by atoms with E-state index < -0.39 is 21.4 Å². The molecule has 10 heteroatoms. The number of unbranched alkanes of at least 4 members (excludes halogenated alkanes) is 3.